The van der Waals surface area contributed by atoms with Crippen molar-refractivity contribution in [1.29, 1.82) is 0 Å². The van der Waals surface area contributed by atoms with Gasteiger partial charge in [0.2, 0.25) is 0 Å². The molecule has 7 heteroatoms. The van der Waals surface area contributed by atoms with Crippen LogP contribution in [0.2, 0.25) is 10.2 Å². The van der Waals surface area contributed by atoms with Crippen LogP contribution >= 0.6 is 23.2 Å². The lowest BCUT2D eigenvalue weighted by atomic mass is 10.2. The standard InChI is InChI=1S/C11H7Cl2F3N2/c12-8-4-2-1-3-7(8)6-18-10(13)5-9(17-18)11(14,15)16/h1-5H,6H2. The first-order valence-electron chi connectivity index (χ1n) is 4.92. The molecule has 0 saturated carbocycles. The molecule has 2 rings (SSSR count). The Morgan fingerprint density at radius 3 is 2.39 bits per heavy atom. The molecule has 0 aliphatic carbocycles. The average molecular weight is 295 g/mol. The van der Waals surface area contributed by atoms with Gasteiger partial charge in [0.25, 0.3) is 0 Å². The Morgan fingerprint density at radius 1 is 1.17 bits per heavy atom. The van der Waals surface area contributed by atoms with Crippen LogP contribution in [-0.2, 0) is 12.7 Å². The summed E-state index contributed by atoms with van der Waals surface area (Å²) >= 11 is 11.6. The van der Waals surface area contributed by atoms with Gasteiger partial charge in [-0.3, -0.25) is 0 Å². The largest absolute Gasteiger partial charge is 0.435 e. The Kier molecular flexibility index (Phi) is 3.54. The molecule has 0 bridgehead atoms. The molecule has 0 amide bonds. The highest BCUT2D eigenvalue weighted by Crippen LogP contribution is 2.30. The van der Waals surface area contributed by atoms with E-state index in [4.69, 9.17) is 23.2 Å². The second kappa shape index (κ2) is 4.82. The summed E-state index contributed by atoms with van der Waals surface area (Å²) < 4.78 is 38.4. The number of hydrogen-bond donors (Lipinski definition) is 0. The van der Waals surface area contributed by atoms with E-state index >= 15 is 0 Å². The zero-order valence-corrected chi connectivity index (χ0v) is 10.4. The van der Waals surface area contributed by atoms with Crippen LogP contribution in [0.5, 0.6) is 0 Å². The fourth-order valence-corrected chi connectivity index (χ4v) is 1.83. The molecule has 1 heterocycles. The second-order valence-electron chi connectivity index (χ2n) is 3.60. The Balaban J connectivity index is 2.31. The van der Waals surface area contributed by atoms with E-state index in [0.717, 1.165) is 10.7 Å². The fourth-order valence-electron chi connectivity index (χ4n) is 1.43. The number of aromatic nitrogens is 2. The molecule has 1 aromatic heterocycles. The summed E-state index contributed by atoms with van der Waals surface area (Å²) in [6.45, 7) is 0.0919. The number of benzene rings is 1. The summed E-state index contributed by atoms with van der Waals surface area (Å²) in [7, 11) is 0. The molecule has 0 aliphatic rings. The summed E-state index contributed by atoms with van der Waals surface area (Å²) in [4.78, 5) is 0. The van der Waals surface area contributed by atoms with Crippen molar-refractivity contribution in [1.82, 2.24) is 9.78 Å². The smallest absolute Gasteiger partial charge is 0.249 e. The van der Waals surface area contributed by atoms with Crippen LogP contribution in [0, 0.1) is 0 Å². The lowest BCUT2D eigenvalue weighted by Gasteiger charge is -2.05. The van der Waals surface area contributed by atoms with E-state index in [1.165, 1.54) is 0 Å². The van der Waals surface area contributed by atoms with E-state index in [0.29, 0.717) is 10.6 Å². The van der Waals surface area contributed by atoms with Crippen molar-refractivity contribution in [3.8, 4) is 0 Å². The van der Waals surface area contributed by atoms with Crippen LogP contribution in [0.4, 0.5) is 13.2 Å². The van der Waals surface area contributed by atoms with Crippen LogP contribution in [0.15, 0.2) is 30.3 Å². The molecule has 2 aromatic rings. The molecule has 0 spiro atoms. The molecule has 2 nitrogen and oxygen atoms in total. The summed E-state index contributed by atoms with van der Waals surface area (Å²) in [5, 5.41) is 3.79. The predicted molar refractivity (Wildman–Crippen MR) is 62.8 cm³/mol. The average Bonchev–Trinajstić information content (AvgIpc) is 2.63. The van der Waals surface area contributed by atoms with Crippen molar-refractivity contribution in [3.63, 3.8) is 0 Å². The molecule has 0 N–H and O–H groups in total. The van der Waals surface area contributed by atoms with Crippen LogP contribution in [0.1, 0.15) is 11.3 Å². The van der Waals surface area contributed by atoms with Crippen LogP contribution in [0.25, 0.3) is 0 Å². The zero-order valence-electron chi connectivity index (χ0n) is 8.88. The van der Waals surface area contributed by atoms with Crippen molar-refractivity contribution >= 4 is 23.2 Å². The third kappa shape index (κ3) is 2.79. The predicted octanol–water partition coefficient (Wildman–Crippen LogP) is 4.26. The highest BCUT2D eigenvalue weighted by Gasteiger charge is 2.34. The summed E-state index contributed by atoms with van der Waals surface area (Å²) in [6.07, 6.45) is -4.50. The first-order chi connectivity index (χ1) is 8.38. The van der Waals surface area contributed by atoms with Crippen molar-refractivity contribution in [2.75, 3.05) is 0 Å². The van der Waals surface area contributed by atoms with Gasteiger partial charge in [-0.25, -0.2) is 4.68 Å². The van der Waals surface area contributed by atoms with Crippen molar-refractivity contribution in [2.45, 2.75) is 12.7 Å². The Labute approximate surface area is 111 Å². The number of halogens is 5. The van der Waals surface area contributed by atoms with Crippen molar-refractivity contribution < 1.29 is 13.2 Å². The maximum atomic E-state index is 12.4. The SMILES string of the molecule is FC(F)(F)c1cc(Cl)n(Cc2ccccc2Cl)n1. The number of nitrogens with zero attached hydrogens (tertiary/aromatic N) is 2. The van der Waals surface area contributed by atoms with E-state index in [1.807, 2.05) is 0 Å². The van der Waals surface area contributed by atoms with E-state index in [9.17, 15) is 13.2 Å². The lowest BCUT2D eigenvalue weighted by molar-refractivity contribution is -0.141. The van der Waals surface area contributed by atoms with Crippen molar-refractivity contribution in [2.24, 2.45) is 0 Å². The minimum Gasteiger partial charge on any atom is -0.249 e. The van der Waals surface area contributed by atoms with Gasteiger partial charge in [-0.2, -0.15) is 18.3 Å². The van der Waals surface area contributed by atoms with Gasteiger partial charge in [0, 0.05) is 11.1 Å². The van der Waals surface area contributed by atoms with Gasteiger partial charge in [-0.15, -0.1) is 0 Å². The molecule has 0 fully saturated rings. The summed E-state index contributed by atoms with van der Waals surface area (Å²) in [6, 6.07) is 7.62. The summed E-state index contributed by atoms with van der Waals surface area (Å²) in [5.41, 5.74) is -0.363. The van der Waals surface area contributed by atoms with Gasteiger partial charge >= 0.3 is 6.18 Å². The molecule has 0 saturated heterocycles. The number of rotatable bonds is 2. The molecular weight excluding hydrogens is 288 g/mol. The second-order valence-corrected chi connectivity index (χ2v) is 4.39. The third-order valence-corrected chi connectivity index (χ3v) is 2.97. The molecule has 0 unspecified atom stereocenters. The van der Waals surface area contributed by atoms with E-state index in [1.54, 1.807) is 24.3 Å². The lowest BCUT2D eigenvalue weighted by Crippen LogP contribution is -2.08. The molecule has 96 valence electrons. The topological polar surface area (TPSA) is 17.8 Å². The maximum absolute atomic E-state index is 12.4. The van der Waals surface area contributed by atoms with E-state index in [-0.39, 0.29) is 11.7 Å². The fraction of sp³-hybridized carbons (Fsp3) is 0.182. The number of hydrogen-bond acceptors (Lipinski definition) is 1. The zero-order chi connectivity index (χ0) is 13.3. The van der Waals surface area contributed by atoms with Gasteiger partial charge < -0.3 is 0 Å². The first-order valence-corrected chi connectivity index (χ1v) is 5.67. The summed E-state index contributed by atoms with van der Waals surface area (Å²) in [5.74, 6) is 0. The van der Waals surface area contributed by atoms with Gasteiger partial charge in [0.1, 0.15) is 5.15 Å². The molecule has 0 atom stereocenters. The molecule has 0 radical (unpaired) electrons. The Hall–Kier alpha value is -1.20. The van der Waals surface area contributed by atoms with Gasteiger partial charge in [0.15, 0.2) is 5.69 Å². The highest BCUT2D eigenvalue weighted by atomic mass is 35.5. The maximum Gasteiger partial charge on any atom is 0.435 e. The van der Waals surface area contributed by atoms with Crippen LogP contribution in [-0.4, -0.2) is 9.78 Å². The molecular formula is C11H7Cl2F3N2. The third-order valence-electron chi connectivity index (χ3n) is 2.30. The molecule has 0 aliphatic heterocycles. The minimum absolute atomic E-state index is 0.0813. The number of alkyl halides is 3. The van der Waals surface area contributed by atoms with Crippen LogP contribution in [0.3, 0.4) is 0 Å². The first kappa shape index (κ1) is 13.2. The quantitative estimate of drug-likeness (QED) is 0.809. The highest BCUT2D eigenvalue weighted by molar-refractivity contribution is 6.31. The van der Waals surface area contributed by atoms with Crippen LogP contribution < -0.4 is 0 Å². The van der Waals surface area contributed by atoms with E-state index in [2.05, 4.69) is 5.10 Å². The Morgan fingerprint density at radius 2 is 1.83 bits per heavy atom. The van der Waals surface area contributed by atoms with Gasteiger partial charge in [0.05, 0.1) is 6.54 Å². The van der Waals surface area contributed by atoms with E-state index < -0.39 is 11.9 Å². The normalized spacial score (nSPS) is 11.8. The van der Waals surface area contributed by atoms with Gasteiger partial charge in [-0.05, 0) is 11.6 Å². The Bertz CT molecular complexity index is 564. The van der Waals surface area contributed by atoms with Crippen molar-refractivity contribution in [3.05, 3.63) is 51.8 Å². The molecule has 18 heavy (non-hydrogen) atoms. The monoisotopic (exact) mass is 294 g/mol. The van der Waals surface area contributed by atoms with Gasteiger partial charge in [-0.1, -0.05) is 41.4 Å². The minimum atomic E-state index is -4.50. The molecule has 1 aromatic carbocycles.